The number of para-hydroxylation sites is 1. The number of anilines is 1. The molecule has 0 atom stereocenters. The molecule has 0 aliphatic heterocycles. The number of fused-ring (bicyclic) bond motifs is 1. The molecule has 1 aromatic carbocycles. The molecule has 0 aliphatic carbocycles. The average molecular weight is 314 g/mol. The predicted octanol–water partition coefficient (Wildman–Crippen LogP) is 3.62. The summed E-state index contributed by atoms with van der Waals surface area (Å²) >= 11 is 3.11. The Labute approximate surface area is 131 Å². The molecule has 2 aromatic heterocycles. The Bertz CT molecular complexity index is 776. The van der Waals surface area contributed by atoms with E-state index >= 15 is 0 Å². The van der Waals surface area contributed by atoms with Gasteiger partial charge in [-0.25, -0.2) is 9.97 Å². The minimum atomic E-state index is 0.503. The number of rotatable bonds is 4. The van der Waals surface area contributed by atoms with Gasteiger partial charge in [-0.1, -0.05) is 36.0 Å². The van der Waals surface area contributed by atoms with Crippen LogP contribution in [0.3, 0.4) is 0 Å². The number of aromatic nitrogens is 3. The second kappa shape index (κ2) is 6.32. The maximum absolute atomic E-state index is 5.78. The molecule has 2 heterocycles. The van der Waals surface area contributed by atoms with Crippen molar-refractivity contribution >= 4 is 40.2 Å². The number of nitrogen functional groups attached to an aromatic ring is 1. The van der Waals surface area contributed by atoms with Crippen molar-refractivity contribution in [1.29, 1.82) is 0 Å². The smallest absolute Gasteiger partial charge is 0.190 e. The van der Waals surface area contributed by atoms with Crippen LogP contribution in [0.15, 0.2) is 52.6 Å². The van der Waals surface area contributed by atoms with Crippen LogP contribution >= 0.6 is 23.5 Å². The number of hydrogen-bond donors (Lipinski definition) is 1. The SMILES string of the molecule is CSc1cc(N)nc(SCc2ccc3ccccc3n2)n1. The van der Waals surface area contributed by atoms with Gasteiger partial charge in [-0.3, -0.25) is 4.98 Å². The first-order chi connectivity index (χ1) is 10.2. The Morgan fingerprint density at radius 1 is 1.05 bits per heavy atom. The fourth-order valence-corrected chi connectivity index (χ4v) is 3.16. The molecular formula is C15H14N4S2. The highest BCUT2D eigenvalue weighted by atomic mass is 32.2. The van der Waals surface area contributed by atoms with E-state index in [0.29, 0.717) is 11.0 Å². The summed E-state index contributed by atoms with van der Waals surface area (Å²) in [5.74, 6) is 1.23. The molecule has 0 unspecified atom stereocenters. The molecule has 0 amide bonds. The Kier molecular flexibility index (Phi) is 4.26. The summed E-state index contributed by atoms with van der Waals surface area (Å²) in [6.45, 7) is 0. The van der Waals surface area contributed by atoms with Crippen LogP contribution in [0.2, 0.25) is 0 Å². The summed E-state index contributed by atoms with van der Waals surface area (Å²) < 4.78 is 0. The predicted molar refractivity (Wildman–Crippen MR) is 89.5 cm³/mol. The van der Waals surface area contributed by atoms with Gasteiger partial charge in [0, 0.05) is 17.2 Å². The van der Waals surface area contributed by atoms with Gasteiger partial charge >= 0.3 is 0 Å². The third kappa shape index (κ3) is 3.46. The van der Waals surface area contributed by atoms with Crippen molar-refractivity contribution in [1.82, 2.24) is 15.0 Å². The van der Waals surface area contributed by atoms with Crippen molar-refractivity contribution in [2.45, 2.75) is 15.9 Å². The lowest BCUT2D eigenvalue weighted by atomic mass is 10.2. The number of thioether (sulfide) groups is 2. The van der Waals surface area contributed by atoms with Gasteiger partial charge in [0.05, 0.1) is 11.2 Å². The highest BCUT2D eigenvalue weighted by Gasteiger charge is 2.05. The summed E-state index contributed by atoms with van der Waals surface area (Å²) in [7, 11) is 0. The zero-order valence-corrected chi connectivity index (χ0v) is 13.1. The second-order valence-corrected chi connectivity index (χ2v) is 6.17. The molecule has 0 bridgehead atoms. The van der Waals surface area contributed by atoms with Crippen LogP contribution in [-0.2, 0) is 5.75 Å². The molecule has 6 heteroatoms. The third-order valence-corrected chi connectivity index (χ3v) is 4.42. The first-order valence-electron chi connectivity index (χ1n) is 6.40. The van der Waals surface area contributed by atoms with Crippen molar-refractivity contribution < 1.29 is 0 Å². The quantitative estimate of drug-likeness (QED) is 0.451. The van der Waals surface area contributed by atoms with Crippen molar-refractivity contribution in [3.05, 3.63) is 48.2 Å². The van der Waals surface area contributed by atoms with Gasteiger partial charge in [0.2, 0.25) is 0 Å². The number of hydrogen-bond acceptors (Lipinski definition) is 6. The topological polar surface area (TPSA) is 64.7 Å². The van der Waals surface area contributed by atoms with E-state index < -0.39 is 0 Å². The number of nitrogens with zero attached hydrogens (tertiary/aromatic N) is 3. The molecule has 0 saturated heterocycles. The van der Waals surface area contributed by atoms with Gasteiger partial charge in [-0.2, -0.15) is 0 Å². The fourth-order valence-electron chi connectivity index (χ4n) is 1.92. The summed E-state index contributed by atoms with van der Waals surface area (Å²) in [5.41, 5.74) is 7.80. The Balaban J connectivity index is 1.78. The van der Waals surface area contributed by atoms with Crippen molar-refractivity contribution in [2.75, 3.05) is 12.0 Å². The monoisotopic (exact) mass is 314 g/mol. The van der Waals surface area contributed by atoms with Gasteiger partial charge in [-0.15, -0.1) is 11.8 Å². The molecule has 0 saturated carbocycles. The van der Waals surface area contributed by atoms with E-state index in [1.54, 1.807) is 29.6 Å². The summed E-state index contributed by atoms with van der Waals surface area (Å²) in [6.07, 6.45) is 1.97. The van der Waals surface area contributed by atoms with Crippen molar-refractivity contribution in [2.24, 2.45) is 0 Å². The van der Waals surface area contributed by atoms with E-state index in [1.165, 1.54) is 0 Å². The van der Waals surface area contributed by atoms with Crippen LogP contribution < -0.4 is 5.73 Å². The van der Waals surface area contributed by atoms with Crippen LogP contribution in [0, 0.1) is 0 Å². The van der Waals surface area contributed by atoms with E-state index in [1.807, 2.05) is 30.5 Å². The van der Waals surface area contributed by atoms with Gasteiger partial charge in [0.1, 0.15) is 10.8 Å². The summed E-state index contributed by atoms with van der Waals surface area (Å²) in [6, 6.07) is 14.0. The highest BCUT2D eigenvalue weighted by Crippen LogP contribution is 2.23. The minimum absolute atomic E-state index is 0.503. The Morgan fingerprint density at radius 3 is 2.76 bits per heavy atom. The zero-order valence-electron chi connectivity index (χ0n) is 11.5. The lowest BCUT2D eigenvalue weighted by molar-refractivity contribution is 0.900. The fraction of sp³-hybridized carbons (Fsp3) is 0.133. The van der Waals surface area contributed by atoms with Crippen LogP contribution in [0.1, 0.15) is 5.69 Å². The number of pyridine rings is 1. The Hall–Kier alpha value is -1.79. The first kappa shape index (κ1) is 14.2. The molecule has 3 aromatic rings. The number of benzene rings is 1. The van der Waals surface area contributed by atoms with Crippen LogP contribution in [-0.4, -0.2) is 21.2 Å². The van der Waals surface area contributed by atoms with Gasteiger partial charge < -0.3 is 5.73 Å². The van der Waals surface area contributed by atoms with E-state index in [-0.39, 0.29) is 0 Å². The largest absolute Gasteiger partial charge is 0.384 e. The lowest BCUT2D eigenvalue weighted by Gasteiger charge is -2.04. The minimum Gasteiger partial charge on any atom is -0.384 e. The van der Waals surface area contributed by atoms with E-state index in [0.717, 1.165) is 27.4 Å². The highest BCUT2D eigenvalue weighted by molar-refractivity contribution is 7.99. The summed E-state index contributed by atoms with van der Waals surface area (Å²) in [5, 5.41) is 2.72. The molecule has 4 nitrogen and oxygen atoms in total. The van der Waals surface area contributed by atoms with Crippen LogP contribution in [0.25, 0.3) is 10.9 Å². The second-order valence-electron chi connectivity index (χ2n) is 4.40. The standard InChI is InChI=1S/C15H14N4S2/c1-20-14-8-13(16)18-15(19-14)21-9-11-7-6-10-4-2-3-5-12(10)17-11/h2-8H,9H2,1H3,(H2,16,18,19). The molecule has 3 rings (SSSR count). The normalized spacial score (nSPS) is 10.9. The molecule has 0 radical (unpaired) electrons. The number of nitrogens with two attached hydrogens (primary N) is 1. The molecule has 106 valence electrons. The lowest BCUT2D eigenvalue weighted by Crippen LogP contribution is -1.96. The molecule has 21 heavy (non-hydrogen) atoms. The molecule has 0 aliphatic rings. The van der Waals surface area contributed by atoms with Gasteiger partial charge in [0.25, 0.3) is 0 Å². The van der Waals surface area contributed by atoms with E-state index in [9.17, 15) is 0 Å². The molecular weight excluding hydrogens is 300 g/mol. The average Bonchev–Trinajstić information content (AvgIpc) is 2.52. The van der Waals surface area contributed by atoms with Gasteiger partial charge in [-0.05, 0) is 18.4 Å². The van der Waals surface area contributed by atoms with Crippen molar-refractivity contribution in [3.8, 4) is 0 Å². The van der Waals surface area contributed by atoms with E-state index in [4.69, 9.17) is 5.73 Å². The molecule has 0 spiro atoms. The molecule has 2 N–H and O–H groups in total. The third-order valence-electron chi connectivity index (χ3n) is 2.92. The first-order valence-corrected chi connectivity index (χ1v) is 8.61. The van der Waals surface area contributed by atoms with Crippen molar-refractivity contribution in [3.63, 3.8) is 0 Å². The van der Waals surface area contributed by atoms with Crippen LogP contribution in [0.4, 0.5) is 5.82 Å². The molecule has 0 fully saturated rings. The summed E-state index contributed by atoms with van der Waals surface area (Å²) in [4.78, 5) is 13.3. The van der Waals surface area contributed by atoms with Gasteiger partial charge in [0.15, 0.2) is 5.16 Å². The van der Waals surface area contributed by atoms with Crippen LogP contribution in [0.5, 0.6) is 0 Å². The maximum atomic E-state index is 5.78. The Morgan fingerprint density at radius 2 is 1.90 bits per heavy atom. The van der Waals surface area contributed by atoms with E-state index in [2.05, 4.69) is 27.1 Å². The maximum Gasteiger partial charge on any atom is 0.190 e. The zero-order chi connectivity index (χ0) is 14.7.